The Bertz CT molecular complexity index is 844. The topological polar surface area (TPSA) is 79.0 Å². The molecule has 0 aliphatic heterocycles. The first-order valence-electron chi connectivity index (χ1n) is 5.26. The van der Waals surface area contributed by atoms with E-state index in [-0.39, 0.29) is 5.02 Å². The number of sulfonamides is 1. The van der Waals surface area contributed by atoms with Gasteiger partial charge in [-0.3, -0.25) is 9.52 Å². The molecule has 0 spiro atoms. The zero-order valence-electron chi connectivity index (χ0n) is 9.95. The van der Waals surface area contributed by atoms with E-state index in [1.165, 1.54) is 0 Å². The van der Waals surface area contributed by atoms with Gasteiger partial charge in [-0.1, -0.05) is 11.6 Å². The van der Waals surface area contributed by atoms with Gasteiger partial charge in [0.1, 0.15) is 9.92 Å². The molecule has 10 heteroatoms. The number of nitrogens with one attached hydrogen (secondary N) is 2. The highest BCUT2D eigenvalue weighted by molar-refractivity contribution is 7.92. The Kier molecular flexibility index (Phi) is 3.97. The normalized spacial score (nSPS) is 11.4. The fourth-order valence-corrected chi connectivity index (χ4v) is 2.69. The largest absolute Gasteiger partial charge is 0.326 e. The second-order valence-electron chi connectivity index (χ2n) is 3.87. The average Bonchev–Trinajstić information content (AvgIpc) is 2.38. The molecule has 21 heavy (non-hydrogen) atoms. The van der Waals surface area contributed by atoms with Gasteiger partial charge in [0.05, 0.1) is 5.69 Å². The van der Waals surface area contributed by atoms with E-state index in [1.807, 2.05) is 4.72 Å². The molecule has 0 unspecified atom stereocenters. The fourth-order valence-electron chi connectivity index (χ4n) is 1.42. The summed E-state index contributed by atoms with van der Waals surface area (Å²) in [6, 6.07) is 1.81. The lowest BCUT2D eigenvalue weighted by Gasteiger charge is -2.08. The van der Waals surface area contributed by atoms with Crippen molar-refractivity contribution in [3.8, 4) is 0 Å². The molecule has 0 saturated carbocycles. The highest BCUT2D eigenvalue weighted by atomic mass is 35.5. The van der Waals surface area contributed by atoms with Crippen molar-refractivity contribution in [3.63, 3.8) is 0 Å². The van der Waals surface area contributed by atoms with Crippen molar-refractivity contribution in [2.45, 2.75) is 4.90 Å². The van der Waals surface area contributed by atoms with Crippen molar-refractivity contribution in [2.24, 2.45) is 0 Å². The molecule has 5 nitrogen and oxygen atoms in total. The van der Waals surface area contributed by atoms with Gasteiger partial charge in [-0.25, -0.2) is 21.6 Å². The number of hydrogen-bond acceptors (Lipinski definition) is 3. The van der Waals surface area contributed by atoms with Crippen LogP contribution in [-0.2, 0) is 10.0 Å². The third kappa shape index (κ3) is 3.19. The van der Waals surface area contributed by atoms with Crippen LogP contribution in [0, 0.1) is 17.5 Å². The summed E-state index contributed by atoms with van der Waals surface area (Å²) in [5.41, 5.74) is -1.22. The smallest absolute Gasteiger partial charge is 0.266 e. The Balaban J connectivity index is 2.42. The third-order valence-corrected chi connectivity index (χ3v) is 4.02. The molecular weight excluding hydrogens is 333 g/mol. The summed E-state index contributed by atoms with van der Waals surface area (Å²) in [4.78, 5) is 12.7. The van der Waals surface area contributed by atoms with Gasteiger partial charge in [0, 0.05) is 18.3 Å². The monoisotopic (exact) mass is 338 g/mol. The predicted octanol–water partition coefficient (Wildman–Crippen LogP) is 2.25. The average molecular weight is 339 g/mol. The zero-order valence-corrected chi connectivity index (χ0v) is 11.5. The molecule has 0 aliphatic rings. The molecule has 2 rings (SSSR count). The zero-order chi connectivity index (χ0) is 15.8. The minimum atomic E-state index is -4.26. The number of benzene rings is 1. The third-order valence-electron chi connectivity index (χ3n) is 2.38. The van der Waals surface area contributed by atoms with E-state index in [0.717, 1.165) is 12.3 Å². The second kappa shape index (κ2) is 5.41. The number of halogens is 4. The molecule has 0 fully saturated rings. The van der Waals surface area contributed by atoms with Crippen molar-refractivity contribution in [3.05, 3.63) is 57.2 Å². The Morgan fingerprint density at radius 3 is 2.19 bits per heavy atom. The molecule has 1 aromatic carbocycles. The maximum Gasteiger partial charge on any atom is 0.266 e. The summed E-state index contributed by atoms with van der Waals surface area (Å²) >= 11 is 5.49. The Hall–Kier alpha value is -2.00. The summed E-state index contributed by atoms with van der Waals surface area (Å²) in [6.45, 7) is 0. The first-order valence-corrected chi connectivity index (χ1v) is 7.12. The first kappa shape index (κ1) is 15.4. The second-order valence-corrected chi connectivity index (χ2v) is 5.96. The molecule has 2 aromatic rings. The fraction of sp³-hybridized carbons (Fsp3) is 0. The highest BCUT2D eigenvalue weighted by Crippen LogP contribution is 2.21. The molecule has 0 atom stereocenters. The number of hydrogen-bond donors (Lipinski definition) is 2. The molecule has 1 heterocycles. The van der Waals surface area contributed by atoms with Crippen LogP contribution in [0.4, 0.5) is 18.9 Å². The molecule has 0 radical (unpaired) electrons. The molecule has 0 saturated heterocycles. The predicted molar refractivity (Wildman–Crippen MR) is 69.2 cm³/mol. The van der Waals surface area contributed by atoms with Gasteiger partial charge in [-0.2, -0.15) is 0 Å². The summed E-state index contributed by atoms with van der Waals surface area (Å²) in [7, 11) is -4.26. The van der Waals surface area contributed by atoms with E-state index in [9.17, 15) is 26.4 Å². The van der Waals surface area contributed by atoms with Crippen LogP contribution in [-0.4, -0.2) is 13.4 Å². The molecule has 0 amide bonds. The molecular formula is C11H6ClF3N2O3S. The van der Waals surface area contributed by atoms with Crippen LogP contribution < -0.4 is 10.3 Å². The SMILES string of the molecule is O=c1[nH]cc(S(=O)(=O)Nc2cc(F)c(F)c(F)c2)cc1Cl. The van der Waals surface area contributed by atoms with Crippen LogP contribution in [0.2, 0.25) is 5.02 Å². The van der Waals surface area contributed by atoms with Crippen molar-refractivity contribution in [1.29, 1.82) is 0 Å². The minimum absolute atomic E-state index is 0.380. The lowest BCUT2D eigenvalue weighted by atomic mass is 10.3. The molecule has 2 N–H and O–H groups in total. The number of aromatic amines is 1. The van der Waals surface area contributed by atoms with Gasteiger partial charge in [0.15, 0.2) is 17.5 Å². The standard InChI is InChI=1S/C11H6ClF3N2O3S/c12-7-3-6(4-16-11(7)18)21(19,20)17-5-1-8(13)10(15)9(14)2-5/h1-4,17H,(H,16,18). The van der Waals surface area contributed by atoms with E-state index in [0.29, 0.717) is 12.1 Å². The quantitative estimate of drug-likeness (QED) is 0.842. The molecule has 0 aliphatic carbocycles. The number of pyridine rings is 1. The first-order chi connectivity index (χ1) is 9.70. The summed E-state index contributed by atoms with van der Waals surface area (Å²) in [5, 5.41) is -0.380. The van der Waals surface area contributed by atoms with Crippen LogP contribution in [0.3, 0.4) is 0 Å². The lowest BCUT2D eigenvalue weighted by molar-refractivity contribution is 0.448. The molecule has 112 valence electrons. The van der Waals surface area contributed by atoms with Gasteiger partial charge < -0.3 is 4.98 Å². The Labute approximate surface area is 121 Å². The maximum absolute atomic E-state index is 13.0. The molecule has 1 aromatic heterocycles. The van der Waals surface area contributed by atoms with Crippen molar-refractivity contribution in [2.75, 3.05) is 4.72 Å². The van der Waals surface area contributed by atoms with Crippen LogP contribution in [0.1, 0.15) is 0 Å². The van der Waals surface area contributed by atoms with Crippen molar-refractivity contribution >= 4 is 27.3 Å². The summed E-state index contributed by atoms with van der Waals surface area (Å²) in [5.74, 6) is -4.82. The number of aromatic nitrogens is 1. The Morgan fingerprint density at radius 2 is 1.67 bits per heavy atom. The number of anilines is 1. The van der Waals surface area contributed by atoms with Crippen molar-refractivity contribution < 1.29 is 21.6 Å². The van der Waals surface area contributed by atoms with Crippen LogP contribution in [0.5, 0.6) is 0 Å². The maximum atomic E-state index is 13.0. The van der Waals surface area contributed by atoms with E-state index in [4.69, 9.17) is 11.6 Å². The number of H-pyrrole nitrogens is 1. The van der Waals surface area contributed by atoms with Gasteiger partial charge in [-0.05, 0) is 6.07 Å². The van der Waals surface area contributed by atoms with Gasteiger partial charge in [0.25, 0.3) is 15.6 Å². The van der Waals surface area contributed by atoms with E-state index >= 15 is 0 Å². The summed E-state index contributed by atoms with van der Waals surface area (Å²) in [6.07, 6.45) is 0.854. The van der Waals surface area contributed by atoms with Gasteiger partial charge in [0.2, 0.25) is 0 Å². The van der Waals surface area contributed by atoms with Gasteiger partial charge >= 0.3 is 0 Å². The van der Waals surface area contributed by atoms with Crippen molar-refractivity contribution in [1.82, 2.24) is 4.98 Å². The number of rotatable bonds is 3. The van der Waals surface area contributed by atoms with Crippen LogP contribution >= 0.6 is 11.6 Å². The van der Waals surface area contributed by atoms with E-state index in [2.05, 4.69) is 4.98 Å². The van der Waals surface area contributed by atoms with E-state index < -0.39 is 43.6 Å². The Morgan fingerprint density at radius 1 is 1.10 bits per heavy atom. The van der Waals surface area contributed by atoms with Crippen LogP contribution in [0.15, 0.2) is 34.1 Å². The molecule has 0 bridgehead atoms. The highest BCUT2D eigenvalue weighted by Gasteiger charge is 2.18. The van der Waals surface area contributed by atoms with Gasteiger partial charge in [-0.15, -0.1) is 0 Å². The summed E-state index contributed by atoms with van der Waals surface area (Å²) < 4.78 is 64.5. The lowest BCUT2D eigenvalue weighted by Crippen LogP contribution is -2.16. The van der Waals surface area contributed by atoms with Crippen LogP contribution in [0.25, 0.3) is 0 Å². The van der Waals surface area contributed by atoms with E-state index in [1.54, 1.807) is 0 Å². The minimum Gasteiger partial charge on any atom is -0.326 e.